The summed E-state index contributed by atoms with van der Waals surface area (Å²) in [7, 11) is 0. The highest BCUT2D eigenvalue weighted by molar-refractivity contribution is 9.09. The SMILES string of the molecule is CC(=O)Nc1ccc(SCC(C)(C)CBr)cc1. The van der Waals surface area contributed by atoms with Gasteiger partial charge in [0, 0.05) is 28.6 Å². The lowest BCUT2D eigenvalue weighted by Crippen LogP contribution is -2.15. The quantitative estimate of drug-likeness (QED) is 0.653. The number of carbonyl (C=O) groups is 1. The number of halogens is 1. The van der Waals surface area contributed by atoms with Crippen LogP contribution in [-0.2, 0) is 4.79 Å². The molecule has 0 aliphatic rings. The molecule has 1 amide bonds. The summed E-state index contributed by atoms with van der Waals surface area (Å²) < 4.78 is 0. The largest absolute Gasteiger partial charge is 0.326 e. The summed E-state index contributed by atoms with van der Waals surface area (Å²) in [6.45, 7) is 5.99. The number of hydrogen-bond donors (Lipinski definition) is 1. The van der Waals surface area contributed by atoms with Gasteiger partial charge in [-0.2, -0.15) is 0 Å². The van der Waals surface area contributed by atoms with E-state index in [4.69, 9.17) is 0 Å². The molecule has 1 aromatic carbocycles. The molecule has 1 rings (SSSR count). The van der Waals surface area contributed by atoms with Crippen molar-refractivity contribution in [2.45, 2.75) is 25.7 Å². The van der Waals surface area contributed by atoms with Crippen molar-refractivity contribution in [3.8, 4) is 0 Å². The maximum atomic E-state index is 10.9. The van der Waals surface area contributed by atoms with E-state index in [1.165, 1.54) is 11.8 Å². The van der Waals surface area contributed by atoms with Crippen LogP contribution in [0.2, 0.25) is 0 Å². The van der Waals surface area contributed by atoms with Crippen LogP contribution in [0, 0.1) is 5.41 Å². The number of alkyl halides is 1. The minimum atomic E-state index is -0.0363. The molecule has 0 atom stereocenters. The van der Waals surface area contributed by atoms with Crippen LogP contribution >= 0.6 is 27.7 Å². The Morgan fingerprint density at radius 2 is 1.94 bits per heavy atom. The summed E-state index contributed by atoms with van der Waals surface area (Å²) >= 11 is 5.36. The molecule has 0 saturated heterocycles. The van der Waals surface area contributed by atoms with Crippen LogP contribution in [-0.4, -0.2) is 17.0 Å². The Labute approximate surface area is 116 Å². The molecular weight excluding hydrogens is 298 g/mol. The average Bonchev–Trinajstić information content (AvgIpc) is 2.28. The van der Waals surface area contributed by atoms with Gasteiger partial charge in [-0.25, -0.2) is 0 Å². The van der Waals surface area contributed by atoms with Crippen LogP contribution in [0.25, 0.3) is 0 Å². The number of rotatable bonds is 5. The predicted molar refractivity (Wildman–Crippen MR) is 79.0 cm³/mol. The zero-order valence-corrected chi connectivity index (χ0v) is 12.8. The molecular formula is C13H18BrNOS. The van der Waals surface area contributed by atoms with Gasteiger partial charge >= 0.3 is 0 Å². The predicted octanol–water partition coefficient (Wildman–Crippen LogP) is 4.16. The molecule has 0 aliphatic carbocycles. The smallest absolute Gasteiger partial charge is 0.221 e. The zero-order valence-electron chi connectivity index (χ0n) is 10.4. The van der Waals surface area contributed by atoms with E-state index in [-0.39, 0.29) is 5.91 Å². The lowest BCUT2D eigenvalue weighted by molar-refractivity contribution is -0.114. The van der Waals surface area contributed by atoms with Gasteiger partial charge in [-0.3, -0.25) is 4.79 Å². The van der Waals surface area contributed by atoms with Gasteiger partial charge in [-0.1, -0.05) is 29.8 Å². The van der Waals surface area contributed by atoms with E-state index in [1.54, 1.807) is 0 Å². The highest BCUT2D eigenvalue weighted by Crippen LogP contribution is 2.29. The minimum absolute atomic E-state index is 0.0363. The van der Waals surface area contributed by atoms with Crippen molar-refractivity contribution >= 4 is 39.3 Å². The van der Waals surface area contributed by atoms with Crippen LogP contribution in [0.4, 0.5) is 5.69 Å². The lowest BCUT2D eigenvalue weighted by atomic mass is 10.0. The van der Waals surface area contributed by atoms with Gasteiger partial charge < -0.3 is 5.32 Å². The molecule has 1 N–H and O–H groups in total. The highest BCUT2D eigenvalue weighted by Gasteiger charge is 2.16. The van der Waals surface area contributed by atoms with Crippen LogP contribution in [0.5, 0.6) is 0 Å². The molecule has 0 spiro atoms. The Bertz CT molecular complexity index is 376. The molecule has 4 heteroatoms. The first kappa shape index (κ1) is 14.6. The van der Waals surface area contributed by atoms with Gasteiger partial charge in [0.2, 0.25) is 5.91 Å². The molecule has 2 nitrogen and oxygen atoms in total. The van der Waals surface area contributed by atoms with E-state index in [0.29, 0.717) is 5.41 Å². The van der Waals surface area contributed by atoms with Crippen LogP contribution in [0.3, 0.4) is 0 Å². The van der Waals surface area contributed by atoms with Gasteiger partial charge in [0.05, 0.1) is 0 Å². The molecule has 0 saturated carbocycles. The number of carbonyl (C=O) groups excluding carboxylic acids is 1. The number of nitrogens with one attached hydrogen (secondary N) is 1. The van der Waals surface area contributed by atoms with Crippen LogP contribution in [0.15, 0.2) is 29.2 Å². The lowest BCUT2D eigenvalue weighted by Gasteiger charge is -2.20. The number of benzene rings is 1. The van der Waals surface area contributed by atoms with Crippen LogP contribution in [0.1, 0.15) is 20.8 Å². The zero-order chi connectivity index (χ0) is 12.9. The third-order valence-corrected chi connectivity index (χ3v) is 5.22. The van der Waals surface area contributed by atoms with E-state index >= 15 is 0 Å². The Morgan fingerprint density at radius 1 is 1.35 bits per heavy atom. The minimum Gasteiger partial charge on any atom is -0.326 e. The second-order valence-corrected chi connectivity index (χ2v) is 6.40. The molecule has 0 unspecified atom stereocenters. The number of amides is 1. The molecule has 17 heavy (non-hydrogen) atoms. The first-order valence-electron chi connectivity index (χ1n) is 5.49. The van der Waals surface area contributed by atoms with Gasteiger partial charge in [-0.15, -0.1) is 11.8 Å². The van der Waals surface area contributed by atoms with Crippen molar-refractivity contribution in [1.29, 1.82) is 0 Å². The van der Waals surface area contributed by atoms with Crippen LogP contribution < -0.4 is 5.32 Å². The summed E-state index contributed by atoms with van der Waals surface area (Å²) in [6.07, 6.45) is 0. The maximum absolute atomic E-state index is 10.9. The van der Waals surface area contributed by atoms with E-state index in [2.05, 4.69) is 35.1 Å². The van der Waals surface area contributed by atoms with Crippen molar-refractivity contribution < 1.29 is 4.79 Å². The summed E-state index contributed by atoms with van der Waals surface area (Å²) in [4.78, 5) is 12.1. The van der Waals surface area contributed by atoms with Crippen molar-refractivity contribution in [2.75, 3.05) is 16.4 Å². The third-order valence-electron chi connectivity index (χ3n) is 2.17. The molecule has 94 valence electrons. The second-order valence-electron chi connectivity index (χ2n) is 4.79. The molecule has 0 fully saturated rings. The Kier molecular flexibility index (Phi) is 5.53. The van der Waals surface area contributed by atoms with Gasteiger partial charge in [0.25, 0.3) is 0 Å². The maximum Gasteiger partial charge on any atom is 0.221 e. The molecule has 0 heterocycles. The van der Waals surface area contributed by atoms with Gasteiger partial charge in [0.1, 0.15) is 0 Å². The fourth-order valence-electron chi connectivity index (χ4n) is 1.16. The number of thioether (sulfide) groups is 1. The van der Waals surface area contributed by atoms with E-state index < -0.39 is 0 Å². The van der Waals surface area contributed by atoms with Crippen molar-refractivity contribution in [3.63, 3.8) is 0 Å². The Balaban J connectivity index is 2.54. The van der Waals surface area contributed by atoms with Crippen molar-refractivity contribution in [1.82, 2.24) is 0 Å². The van der Waals surface area contributed by atoms with Gasteiger partial charge in [0.15, 0.2) is 0 Å². The normalized spacial score (nSPS) is 11.3. The van der Waals surface area contributed by atoms with E-state index in [9.17, 15) is 4.79 Å². The second kappa shape index (κ2) is 6.45. The summed E-state index contributed by atoms with van der Waals surface area (Å²) in [5.41, 5.74) is 1.14. The first-order valence-corrected chi connectivity index (χ1v) is 7.60. The number of anilines is 1. The average molecular weight is 316 g/mol. The Hall–Kier alpha value is -0.480. The topological polar surface area (TPSA) is 29.1 Å². The van der Waals surface area contributed by atoms with E-state index in [1.807, 2.05) is 36.0 Å². The highest BCUT2D eigenvalue weighted by atomic mass is 79.9. The third kappa shape index (κ3) is 5.59. The fraction of sp³-hybridized carbons (Fsp3) is 0.462. The van der Waals surface area contributed by atoms with Gasteiger partial charge in [-0.05, 0) is 29.7 Å². The molecule has 0 aliphatic heterocycles. The molecule has 0 radical (unpaired) electrons. The fourth-order valence-corrected chi connectivity index (χ4v) is 2.60. The monoisotopic (exact) mass is 315 g/mol. The summed E-state index contributed by atoms with van der Waals surface area (Å²) in [6, 6.07) is 7.95. The summed E-state index contributed by atoms with van der Waals surface area (Å²) in [5, 5.41) is 3.76. The molecule has 0 aromatic heterocycles. The first-order chi connectivity index (χ1) is 7.93. The molecule has 0 bridgehead atoms. The standard InChI is InChI=1S/C13H18BrNOS/c1-10(16)15-11-4-6-12(7-5-11)17-9-13(2,3)8-14/h4-7H,8-9H2,1-3H3,(H,15,16). The Morgan fingerprint density at radius 3 is 2.41 bits per heavy atom. The molecule has 1 aromatic rings. The van der Waals surface area contributed by atoms with Crippen molar-refractivity contribution in [2.24, 2.45) is 5.41 Å². The van der Waals surface area contributed by atoms with Crippen molar-refractivity contribution in [3.05, 3.63) is 24.3 Å². The van der Waals surface area contributed by atoms with E-state index in [0.717, 1.165) is 16.8 Å². The summed E-state index contributed by atoms with van der Waals surface area (Å²) in [5.74, 6) is 1.03. The number of hydrogen-bond acceptors (Lipinski definition) is 2.